The molecule has 4 nitrogen and oxygen atoms in total. The first-order valence-corrected chi connectivity index (χ1v) is 6.96. The normalized spacial score (nSPS) is 20.5. The van der Waals surface area contributed by atoms with Crippen LogP contribution in [0.1, 0.15) is 19.8 Å². The van der Waals surface area contributed by atoms with Crippen molar-refractivity contribution in [1.29, 1.82) is 0 Å². The second kappa shape index (κ2) is 5.88. The monoisotopic (exact) mass is 256 g/mol. The zero-order valence-corrected chi connectivity index (χ0v) is 10.1. The van der Waals surface area contributed by atoms with Crippen molar-refractivity contribution in [2.45, 2.75) is 25.5 Å². The van der Waals surface area contributed by atoms with Crippen LogP contribution in [0.15, 0.2) is 0 Å². The summed E-state index contributed by atoms with van der Waals surface area (Å²) in [5.74, 6) is -2.90. The molecule has 1 heterocycles. The van der Waals surface area contributed by atoms with Crippen LogP contribution in [0.4, 0.5) is 8.78 Å². The van der Waals surface area contributed by atoms with Gasteiger partial charge in [-0.15, -0.1) is 0 Å². The van der Waals surface area contributed by atoms with Crippen molar-refractivity contribution in [1.82, 2.24) is 9.62 Å². The first kappa shape index (κ1) is 13.8. The van der Waals surface area contributed by atoms with Crippen molar-refractivity contribution in [3.8, 4) is 0 Å². The van der Waals surface area contributed by atoms with Gasteiger partial charge in [0.05, 0.1) is 0 Å². The van der Waals surface area contributed by atoms with E-state index in [1.807, 2.05) is 6.92 Å². The molecule has 0 unspecified atom stereocenters. The molecule has 0 bridgehead atoms. The predicted molar refractivity (Wildman–Crippen MR) is 57.8 cm³/mol. The Morgan fingerprint density at radius 1 is 1.38 bits per heavy atom. The topological polar surface area (TPSA) is 49.4 Å². The van der Waals surface area contributed by atoms with Crippen molar-refractivity contribution >= 4 is 10.0 Å². The molecule has 7 heteroatoms. The molecular weight excluding hydrogens is 238 g/mol. The first-order chi connectivity index (χ1) is 7.48. The smallest absolute Gasteiger partial charge is 0.317 e. The highest BCUT2D eigenvalue weighted by Gasteiger charge is 2.34. The number of rotatable bonds is 5. The van der Waals surface area contributed by atoms with Gasteiger partial charge in [0.15, 0.2) is 0 Å². The highest BCUT2D eigenvalue weighted by Crippen LogP contribution is 2.21. The van der Waals surface area contributed by atoms with E-state index in [0.29, 0.717) is 18.8 Å². The molecule has 1 aliphatic heterocycles. The summed E-state index contributed by atoms with van der Waals surface area (Å²) in [5.41, 5.74) is 0. The SMILES string of the molecule is CCNCC1CCN(S(=O)(=O)C(F)F)CC1. The van der Waals surface area contributed by atoms with Crippen LogP contribution in [0.2, 0.25) is 0 Å². The largest absolute Gasteiger partial charge is 0.350 e. The number of hydrogen-bond acceptors (Lipinski definition) is 3. The predicted octanol–water partition coefficient (Wildman–Crippen LogP) is 0.860. The number of nitrogens with zero attached hydrogens (tertiary/aromatic N) is 1. The average Bonchev–Trinajstić information content (AvgIpc) is 2.26. The minimum absolute atomic E-state index is 0.211. The fourth-order valence-electron chi connectivity index (χ4n) is 1.83. The van der Waals surface area contributed by atoms with Gasteiger partial charge in [-0.05, 0) is 31.8 Å². The maximum atomic E-state index is 12.3. The zero-order chi connectivity index (χ0) is 12.2. The lowest BCUT2D eigenvalue weighted by atomic mass is 9.98. The molecule has 0 spiro atoms. The second-order valence-corrected chi connectivity index (χ2v) is 5.86. The van der Waals surface area contributed by atoms with Crippen molar-refractivity contribution in [2.24, 2.45) is 5.92 Å². The lowest BCUT2D eigenvalue weighted by molar-refractivity contribution is 0.203. The second-order valence-electron chi connectivity index (χ2n) is 3.96. The molecule has 0 aromatic carbocycles. The standard InChI is InChI=1S/C9H18F2N2O2S/c1-2-12-7-8-3-5-13(6-4-8)16(14,15)9(10)11/h8-9,12H,2-7H2,1H3. The molecule has 1 rings (SSSR count). The molecule has 0 radical (unpaired) electrons. The van der Waals surface area contributed by atoms with E-state index in [-0.39, 0.29) is 13.1 Å². The molecule has 16 heavy (non-hydrogen) atoms. The van der Waals surface area contributed by atoms with E-state index in [1.165, 1.54) is 0 Å². The number of nitrogens with one attached hydrogen (secondary N) is 1. The minimum atomic E-state index is -4.36. The average molecular weight is 256 g/mol. The third kappa shape index (κ3) is 3.36. The molecule has 1 N–H and O–H groups in total. The third-order valence-corrected chi connectivity index (χ3v) is 4.38. The summed E-state index contributed by atoms with van der Waals surface area (Å²) in [4.78, 5) is 0. The quantitative estimate of drug-likeness (QED) is 0.793. The van der Waals surface area contributed by atoms with E-state index < -0.39 is 15.8 Å². The molecule has 1 aliphatic rings. The van der Waals surface area contributed by atoms with Crippen molar-refractivity contribution in [2.75, 3.05) is 26.2 Å². The highest BCUT2D eigenvalue weighted by atomic mass is 32.2. The lowest BCUT2D eigenvalue weighted by Crippen LogP contribution is -2.42. The van der Waals surface area contributed by atoms with Gasteiger partial charge in [0.2, 0.25) is 0 Å². The van der Waals surface area contributed by atoms with Gasteiger partial charge in [-0.2, -0.15) is 13.1 Å². The molecule has 0 aromatic heterocycles. The van der Waals surface area contributed by atoms with Crippen LogP contribution in [0.25, 0.3) is 0 Å². The summed E-state index contributed by atoms with van der Waals surface area (Å²) < 4.78 is 47.7. The fourth-order valence-corrected chi connectivity index (χ4v) is 2.77. The van der Waals surface area contributed by atoms with E-state index in [0.717, 1.165) is 17.4 Å². The fraction of sp³-hybridized carbons (Fsp3) is 1.00. The molecule has 1 fully saturated rings. The van der Waals surface area contributed by atoms with E-state index in [1.54, 1.807) is 0 Å². The summed E-state index contributed by atoms with van der Waals surface area (Å²) in [6.45, 7) is 4.12. The van der Waals surface area contributed by atoms with Gasteiger partial charge >= 0.3 is 5.76 Å². The molecule has 96 valence electrons. The van der Waals surface area contributed by atoms with Crippen molar-refractivity contribution in [3.05, 3.63) is 0 Å². The first-order valence-electron chi connectivity index (χ1n) is 5.46. The van der Waals surface area contributed by atoms with Gasteiger partial charge in [-0.25, -0.2) is 8.42 Å². The Hall–Kier alpha value is -0.270. The van der Waals surface area contributed by atoms with Gasteiger partial charge in [-0.1, -0.05) is 6.92 Å². The van der Waals surface area contributed by atoms with Crippen LogP contribution in [-0.2, 0) is 10.0 Å². The highest BCUT2D eigenvalue weighted by molar-refractivity contribution is 7.89. The molecule has 0 aliphatic carbocycles. The van der Waals surface area contributed by atoms with Gasteiger partial charge in [0.25, 0.3) is 10.0 Å². The summed E-state index contributed by atoms with van der Waals surface area (Å²) in [6.07, 6.45) is 1.30. The number of piperidine rings is 1. The van der Waals surface area contributed by atoms with Crippen LogP contribution in [0, 0.1) is 5.92 Å². The minimum Gasteiger partial charge on any atom is -0.317 e. The Kier molecular flexibility index (Phi) is 5.07. The molecule has 0 amide bonds. The van der Waals surface area contributed by atoms with Gasteiger partial charge in [0, 0.05) is 13.1 Å². The summed E-state index contributed by atoms with van der Waals surface area (Å²) in [6, 6.07) is 0. The Morgan fingerprint density at radius 2 is 1.94 bits per heavy atom. The Labute approximate surface area is 95.1 Å². The van der Waals surface area contributed by atoms with Crippen molar-refractivity contribution in [3.63, 3.8) is 0 Å². The molecular formula is C9H18F2N2O2S. The summed E-state index contributed by atoms with van der Waals surface area (Å²) >= 11 is 0. The van der Waals surface area contributed by atoms with Crippen molar-refractivity contribution < 1.29 is 17.2 Å². The Bertz CT molecular complexity index is 301. The van der Waals surface area contributed by atoms with Crippen LogP contribution < -0.4 is 5.32 Å². The van der Waals surface area contributed by atoms with Crippen LogP contribution in [-0.4, -0.2) is 44.7 Å². The van der Waals surface area contributed by atoms with E-state index >= 15 is 0 Å². The molecule has 0 atom stereocenters. The molecule has 1 saturated heterocycles. The van der Waals surface area contributed by atoms with Crippen LogP contribution >= 0.6 is 0 Å². The molecule has 0 aromatic rings. The maximum Gasteiger partial charge on any atom is 0.350 e. The number of halogens is 2. The van der Waals surface area contributed by atoms with E-state index in [4.69, 9.17) is 0 Å². The number of hydrogen-bond donors (Lipinski definition) is 1. The van der Waals surface area contributed by atoms with Gasteiger partial charge in [-0.3, -0.25) is 0 Å². The number of sulfonamides is 1. The lowest BCUT2D eigenvalue weighted by Gasteiger charge is -2.30. The van der Waals surface area contributed by atoms with E-state index in [9.17, 15) is 17.2 Å². The Balaban J connectivity index is 2.43. The number of alkyl halides is 2. The van der Waals surface area contributed by atoms with Crippen LogP contribution in [0.5, 0.6) is 0 Å². The van der Waals surface area contributed by atoms with Gasteiger partial charge in [0.1, 0.15) is 0 Å². The third-order valence-electron chi connectivity index (χ3n) is 2.84. The summed E-state index contributed by atoms with van der Waals surface area (Å²) in [7, 11) is -4.36. The summed E-state index contributed by atoms with van der Waals surface area (Å²) in [5, 5.41) is 3.18. The maximum absolute atomic E-state index is 12.3. The van der Waals surface area contributed by atoms with Crippen LogP contribution in [0.3, 0.4) is 0 Å². The molecule has 0 saturated carbocycles. The Morgan fingerprint density at radius 3 is 2.38 bits per heavy atom. The zero-order valence-electron chi connectivity index (χ0n) is 9.33. The van der Waals surface area contributed by atoms with Gasteiger partial charge < -0.3 is 5.32 Å². The van der Waals surface area contributed by atoms with E-state index in [2.05, 4.69) is 5.32 Å².